The summed E-state index contributed by atoms with van der Waals surface area (Å²) in [6.07, 6.45) is 0. The standard InChI is InChI=1S/C62H38N4S2.C50H30N4S2/c1-3-11-39(12-4-1)41-19-23-43(24-20-41)59-63-60(44-25-21-42(22-26-44)40-13-5-2-6-14-40)65-61(64-59)45-27-29-50(30-28-45)66-55-37-48-17-9-7-15-46(48)35-53(55)62(51-31-33-67-57(51)58-52(62)32-34-68-58)54-36-47-16-8-10-18-49(47)38-56(54)66;1-3-11-31(12-4-1)32-19-21-34(22-20-32)48-51-47(33-13-5-2-6-14-33)52-49(53-48)54-43-29-37-17-9-7-15-35(37)27-41(43)50(39-23-25-55-45(39)46-40(50)24-26-56-46)42-28-36-16-8-10-18-38(36)30-44(42)54/h1-38H;1-30H. The van der Waals surface area contributed by atoms with Gasteiger partial charge in [0, 0.05) is 53.0 Å². The first-order chi connectivity index (χ1) is 61.4. The fourth-order valence-electron chi connectivity index (χ4n) is 19.6. The minimum absolute atomic E-state index is 0.476. The van der Waals surface area contributed by atoms with E-state index in [0.29, 0.717) is 35.1 Å². The lowest BCUT2D eigenvalue weighted by Gasteiger charge is -2.45. The van der Waals surface area contributed by atoms with Gasteiger partial charge in [0.2, 0.25) is 5.95 Å². The smallest absolute Gasteiger partial charge is 0.238 e. The van der Waals surface area contributed by atoms with Crippen LogP contribution < -0.4 is 9.80 Å². The van der Waals surface area contributed by atoms with E-state index in [4.69, 9.17) is 29.9 Å². The van der Waals surface area contributed by atoms with Gasteiger partial charge in [-0.05, 0) is 240 Å². The van der Waals surface area contributed by atoms with E-state index in [1.54, 1.807) is 0 Å². The highest BCUT2D eigenvalue weighted by Gasteiger charge is 2.56. The van der Waals surface area contributed by atoms with E-state index in [1.165, 1.54) is 135 Å². The van der Waals surface area contributed by atoms with Gasteiger partial charge in [-0.3, -0.25) is 4.90 Å². The molecule has 16 aromatic carbocycles. The van der Waals surface area contributed by atoms with Crippen molar-refractivity contribution in [3.05, 3.63) is 454 Å². The van der Waals surface area contributed by atoms with E-state index in [0.717, 1.165) is 61.6 Å². The second-order valence-corrected chi connectivity index (χ2v) is 35.7. The molecule has 124 heavy (non-hydrogen) atoms. The largest absolute Gasteiger partial charge is 0.310 e. The third-order valence-electron chi connectivity index (χ3n) is 25.4. The third-order valence-corrected chi connectivity index (χ3v) is 29.3. The quantitative estimate of drug-likeness (QED) is 0.134. The summed E-state index contributed by atoms with van der Waals surface area (Å²) in [6, 6.07) is 140. The van der Waals surface area contributed by atoms with E-state index in [9.17, 15) is 0 Å². The minimum atomic E-state index is -0.523. The summed E-state index contributed by atoms with van der Waals surface area (Å²) in [5, 5.41) is 18.7. The summed E-state index contributed by atoms with van der Waals surface area (Å²) in [5.74, 6) is 3.70. The normalized spacial score (nSPS) is 13.3. The maximum absolute atomic E-state index is 5.40. The van der Waals surface area contributed by atoms with Crippen LogP contribution in [0.4, 0.5) is 34.4 Å². The van der Waals surface area contributed by atoms with Crippen LogP contribution in [-0.4, -0.2) is 29.9 Å². The lowest BCUT2D eigenvalue weighted by molar-refractivity contribution is 0.755. The van der Waals surface area contributed by atoms with E-state index in [-0.39, 0.29) is 0 Å². The molecule has 0 atom stereocenters. The molecule has 4 aliphatic rings. The predicted molar refractivity (Wildman–Crippen MR) is 516 cm³/mol. The highest BCUT2D eigenvalue weighted by molar-refractivity contribution is 7.21. The minimum Gasteiger partial charge on any atom is -0.310 e. The van der Waals surface area contributed by atoms with E-state index >= 15 is 0 Å². The molecule has 8 nitrogen and oxygen atoms in total. The Hall–Kier alpha value is -15.0. The van der Waals surface area contributed by atoms with Gasteiger partial charge in [0.15, 0.2) is 29.1 Å². The van der Waals surface area contributed by atoms with Crippen molar-refractivity contribution in [2.24, 2.45) is 0 Å². The van der Waals surface area contributed by atoms with Crippen molar-refractivity contribution in [3.8, 4) is 110 Å². The number of hydrogen-bond donors (Lipinski definition) is 0. The molecular formula is C112H68N8S4. The van der Waals surface area contributed by atoms with Crippen molar-refractivity contribution in [1.82, 2.24) is 29.9 Å². The molecule has 0 amide bonds. The van der Waals surface area contributed by atoms with Crippen molar-refractivity contribution >= 4 is 123 Å². The van der Waals surface area contributed by atoms with E-state index < -0.39 is 10.8 Å². The Labute approximate surface area is 731 Å². The van der Waals surface area contributed by atoms with Crippen molar-refractivity contribution in [3.63, 3.8) is 0 Å². The molecule has 26 rings (SSSR count). The lowest BCUT2D eigenvalue weighted by Crippen LogP contribution is -2.36. The molecule has 0 N–H and O–H groups in total. The van der Waals surface area contributed by atoms with Crippen molar-refractivity contribution < 1.29 is 0 Å². The molecule has 2 aliphatic carbocycles. The first kappa shape index (κ1) is 71.9. The van der Waals surface area contributed by atoms with Crippen LogP contribution in [-0.2, 0) is 10.8 Å². The highest BCUT2D eigenvalue weighted by atomic mass is 32.1. The molecule has 8 heterocycles. The van der Waals surface area contributed by atoms with Gasteiger partial charge in [0.05, 0.1) is 33.6 Å². The number of benzene rings is 16. The first-order valence-electron chi connectivity index (χ1n) is 41.6. The Morgan fingerprint density at radius 2 is 0.387 bits per heavy atom. The van der Waals surface area contributed by atoms with Crippen molar-refractivity contribution in [2.75, 3.05) is 9.80 Å². The van der Waals surface area contributed by atoms with Crippen LogP contribution in [0.5, 0.6) is 0 Å². The highest BCUT2D eigenvalue weighted by Crippen LogP contribution is 2.69. The summed E-state index contributed by atoms with van der Waals surface area (Å²) in [4.78, 5) is 41.7. The summed E-state index contributed by atoms with van der Waals surface area (Å²) in [6.45, 7) is 0. The molecule has 580 valence electrons. The van der Waals surface area contributed by atoms with Crippen LogP contribution in [0.3, 0.4) is 0 Å². The van der Waals surface area contributed by atoms with E-state index in [1.807, 2.05) is 81.7 Å². The lowest BCUT2D eigenvalue weighted by atomic mass is 9.64. The van der Waals surface area contributed by atoms with Gasteiger partial charge < -0.3 is 4.90 Å². The fraction of sp³-hybridized carbons (Fsp3) is 0.0179. The van der Waals surface area contributed by atoms with Crippen LogP contribution in [0.15, 0.2) is 410 Å². The Morgan fingerprint density at radius 1 is 0.177 bits per heavy atom. The van der Waals surface area contributed by atoms with Gasteiger partial charge in [-0.2, -0.15) is 9.97 Å². The zero-order valence-corrected chi connectivity index (χ0v) is 69.7. The van der Waals surface area contributed by atoms with Gasteiger partial charge in [0.1, 0.15) is 0 Å². The molecule has 0 fully saturated rings. The topological polar surface area (TPSA) is 83.8 Å². The van der Waals surface area contributed by atoms with Gasteiger partial charge in [-0.25, -0.2) is 19.9 Å². The average molecular weight is 1650 g/mol. The molecule has 0 radical (unpaired) electrons. The summed E-state index contributed by atoms with van der Waals surface area (Å²) in [5.41, 5.74) is 26.6. The average Bonchev–Trinajstić information content (AvgIpc) is 1.50. The Balaban J connectivity index is 0.000000138. The van der Waals surface area contributed by atoms with Crippen molar-refractivity contribution in [1.29, 1.82) is 0 Å². The summed E-state index contributed by atoms with van der Waals surface area (Å²) >= 11 is 7.40. The summed E-state index contributed by atoms with van der Waals surface area (Å²) in [7, 11) is 0. The Kier molecular flexibility index (Phi) is 16.7. The second kappa shape index (κ2) is 28.8. The van der Waals surface area contributed by atoms with Crippen LogP contribution in [0.2, 0.25) is 0 Å². The zero-order chi connectivity index (χ0) is 81.6. The number of aromatic nitrogens is 6. The number of anilines is 6. The maximum Gasteiger partial charge on any atom is 0.238 e. The van der Waals surface area contributed by atoms with Gasteiger partial charge in [-0.1, -0.05) is 291 Å². The monoisotopic (exact) mass is 1650 g/mol. The number of rotatable bonds is 10. The number of thiophene rings is 4. The molecule has 0 unspecified atom stereocenters. The molecule has 0 bridgehead atoms. The Morgan fingerprint density at radius 3 is 0.669 bits per heavy atom. The maximum atomic E-state index is 5.40. The number of hydrogen-bond acceptors (Lipinski definition) is 12. The molecule has 0 saturated carbocycles. The zero-order valence-electron chi connectivity index (χ0n) is 66.5. The van der Waals surface area contributed by atoms with Gasteiger partial charge in [-0.15, -0.1) is 45.3 Å². The molecule has 2 spiro atoms. The predicted octanol–water partition coefficient (Wildman–Crippen LogP) is 30.2. The van der Waals surface area contributed by atoms with Crippen LogP contribution >= 0.6 is 45.3 Å². The van der Waals surface area contributed by atoms with Crippen LogP contribution in [0.25, 0.3) is 153 Å². The third kappa shape index (κ3) is 11.4. The SMILES string of the molecule is c1ccc(-c2ccc(-c3nc(-c4ccc(-c5ccccc5)cc4)nc(-c4ccc(N5c6cc7ccccc7cc6C6(c7cc8ccccc8cc75)c5ccsc5-c5sccc56)cc4)n3)cc2)cc1.c1ccc(-c2ccc(-c3nc(-c4ccccc4)nc(N4c5cc6ccccc6cc5C5(c6cc7ccccc7cc64)c4ccsc4-c4sccc45)n3)cc2)cc1. The summed E-state index contributed by atoms with van der Waals surface area (Å²) < 4.78 is 0. The molecular weight excluding hydrogens is 1590 g/mol. The molecule has 22 aromatic rings. The Bertz CT molecular complexity index is 7620. The molecule has 12 heteroatoms. The first-order valence-corrected chi connectivity index (χ1v) is 45.1. The number of fused-ring (bicyclic) bond motifs is 22. The molecule has 6 aromatic heterocycles. The van der Waals surface area contributed by atoms with Gasteiger partial charge >= 0.3 is 0 Å². The van der Waals surface area contributed by atoms with Crippen LogP contribution in [0, 0.1) is 0 Å². The van der Waals surface area contributed by atoms with E-state index in [2.05, 4.69) is 383 Å². The second-order valence-electron chi connectivity index (χ2n) is 32.0. The van der Waals surface area contributed by atoms with Crippen molar-refractivity contribution in [2.45, 2.75) is 10.8 Å². The van der Waals surface area contributed by atoms with Crippen LogP contribution in [0.1, 0.15) is 44.5 Å². The molecule has 2 aliphatic heterocycles. The molecule has 0 saturated heterocycles. The fourth-order valence-corrected chi connectivity index (χ4v) is 23.8. The number of nitrogens with zero attached hydrogens (tertiary/aromatic N) is 8. The van der Waals surface area contributed by atoms with Gasteiger partial charge in [0.25, 0.3) is 0 Å².